The van der Waals surface area contributed by atoms with E-state index in [4.69, 9.17) is 9.47 Å². The number of carbonyl (C=O) groups is 1. The number of pyridine rings is 1. The third kappa shape index (κ3) is 4.74. The fourth-order valence-corrected chi connectivity index (χ4v) is 3.29. The Morgan fingerprint density at radius 3 is 2.73 bits per heavy atom. The van der Waals surface area contributed by atoms with Gasteiger partial charge in [-0.2, -0.15) is 0 Å². The second-order valence-electron chi connectivity index (χ2n) is 6.82. The molecule has 3 heterocycles. The van der Waals surface area contributed by atoms with Gasteiger partial charge in [-0.05, 0) is 18.2 Å². The zero-order valence-corrected chi connectivity index (χ0v) is 16.8. The number of amides is 1. The van der Waals surface area contributed by atoms with Crippen molar-refractivity contribution in [1.82, 2.24) is 20.3 Å². The Kier molecular flexibility index (Phi) is 6.19. The minimum atomic E-state index is -0.169. The number of para-hydroxylation sites is 1. The lowest BCUT2D eigenvalue weighted by molar-refractivity contribution is -0.114. The molecule has 0 unspecified atom stereocenters. The highest BCUT2D eigenvalue weighted by atomic mass is 16.5. The average Bonchev–Trinajstić information content (AvgIpc) is 2.77. The van der Waals surface area contributed by atoms with Crippen molar-refractivity contribution in [1.29, 1.82) is 0 Å². The van der Waals surface area contributed by atoms with E-state index < -0.39 is 0 Å². The fourth-order valence-electron chi connectivity index (χ4n) is 3.29. The number of fused-ring (bicyclic) bond motifs is 1. The van der Waals surface area contributed by atoms with E-state index in [0.717, 1.165) is 37.4 Å². The maximum atomic E-state index is 11.3. The van der Waals surface area contributed by atoms with E-state index in [1.165, 1.54) is 6.92 Å². The average molecular weight is 408 g/mol. The summed E-state index contributed by atoms with van der Waals surface area (Å²) in [6.45, 7) is 5.64. The van der Waals surface area contributed by atoms with Crippen LogP contribution in [0, 0.1) is 0 Å². The smallest absolute Gasteiger partial charge is 0.257 e. The van der Waals surface area contributed by atoms with Crippen LogP contribution < -0.4 is 25.0 Å². The van der Waals surface area contributed by atoms with E-state index in [0.29, 0.717) is 36.2 Å². The highest BCUT2D eigenvalue weighted by Gasteiger charge is 2.17. The van der Waals surface area contributed by atoms with Crippen molar-refractivity contribution < 1.29 is 14.3 Å². The number of nitrogens with zero attached hydrogens (tertiary/aromatic N) is 4. The van der Waals surface area contributed by atoms with E-state index in [1.807, 2.05) is 24.3 Å². The molecule has 2 N–H and O–H groups in total. The van der Waals surface area contributed by atoms with Crippen LogP contribution >= 0.6 is 0 Å². The monoisotopic (exact) mass is 408 g/mol. The van der Waals surface area contributed by atoms with E-state index in [2.05, 4.69) is 30.5 Å². The normalized spacial score (nSPS) is 13.8. The number of ether oxygens (including phenoxy) is 2. The summed E-state index contributed by atoms with van der Waals surface area (Å²) in [5.41, 5.74) is 0.685. The highest BCUT2D eigenvalue weighted by molar-refractivity contribution is 5.91. The van der Waals surface area contributed by atoms with Crippen molar-refractivity contribution in [2.24, 2.45) is 0 Å². The first-order valence-electron chi connectivity index (χ1n) is 9.90. The number of anilines is 2. The molecule has 0 radical (unpaired) electrons. The molecular weight excluding hydrogens is 384 g/mol. The van der Waals surface area contributed by atoms with E-state index >= 15 is 0 Å². The molecule has 30 heavy (non-hydrogen) atoms. The number of aromatic nitrogens is 3. The van der Waals surface area contributed by atoms with Gasteiger partial charge in [0.1, 0.15) is 30.3 Å². The third-order valence-electron chi connectivity index (χ3n) is 4.63. The quantitative estimate of drug-likeness (QED) is 0.571. The Labute approximate surface area is 174 Å². The van der Waals surface area contributed by atoms with Gasteiger partial charge in [0.15, 0.2) is 5.82 Å². The van der Waals surface area contributed by atoms with Gasteiger partial charge in [-0.3, -0.25) is 4.79 Å². The van der Waals surface area contributed by atoms with Crippen LogP contribution in [0.15, 0.2) is 42.7 Å². The number of benzene rings is 1. The number of rotatable bonds is 7. The molecule has 1 aliphatic heterocycles. The van der Waals surface area contributed by atoms with Gasteiger partial charge < -0.3 is 25.0 Å². The van der Waals surface area contributed by atoms with Crippen LogP contribution in [0.2, 0.25) is 0 Å². The van der Waals surface area contributed by atoms with Crippen molar-refractivity contribution in [3.05, 3.63) is 42.7 Å². The minimum absolute atomic E-state index is 0.169. The molecule has 1 aliphatic rings. The first kappa shape index (κ1) is 19.8. The molecule has 0 bridgehead atoms. The van der Waals surface area contributed by atoms with Gasteiger partial charge in [0.2, 0.25) is 5.91 Å². The number of carbonyl (C=O) groups excluding carboxylic acids is 1. The summed E-state index contributed by atoms with van der Waals surface area (Å²) in [6, 6.07) is 9.37. The van der Waals surface area contributed by atoms with Crippen molar-refractivity contribution in [3.8, 4) is 11.6 Å². The molecule has 2 aromatic heterocycles. The third-order valence-corrected chi connectivity index (χ3v) is 4.63. The fraction of sp³-hybridized carbons (Fsp3) is 0.333. The zero-order valence-electron chi connectivity index (χ0n) is 16.8. The number of piperazine rings is 1. The van der Waals surface area contributed by atoms with Gasteiger partial charge >= 0.3 is 0 Å². The van der Waals surface area contributed by atoms with E-state index in [9.17, 15) is 4.79 Å². The van der Waals surface area contributed by atoms with Gasteiger partial charge in [-0.15, -0.1) is 0 Å². The Hall–Kier alpha value is -3.46. The summed E-state index contributed by atoms with van der Waals surface area (Å²) in [4.78, 5) is 26.7. The minimum Gasteiger partial charge on any atom is -0.488 e. The second-order valence-corrected chi connectivity index (χ2v) is 6.82. The van der Waals surface area contributed by atoms with Crippen LogP contribution in [0.5, 0.6) is 11.6 Å². The molecule has 1 saturated heterocycles. The molecule has 1 fully saturated rings. The molecule has 9 heteroatoms. The first-order valence-corrected chi connectivity index (χ1v) is 9.90. The summed E-state index contributed by atoms with van der Waals surface area (Å²) in [5, 5.41) is 6.95. The molecule has 0 atom stereocenters. The van der Waals surface area contributed by atoms with Crippen LogP contribution in [0.1, 0.15) is 6.92 Å². The predicted octanol–water partition coefficient (Wildman–Crippen LogP) is 1.85. The van der Waals surface area contributed by atoms with Crippen molar-refractivity contribution >= 4 is 28.4 Å². The largest absolute Gasteiger partial charge is 0.488 e. The van der Waals surface area contributed by atoms with Crippen molar-refractivity contribution in [3.63, 3.8) is 0 Å². The molecule has 0 aliphatic carbocycles. The summed E-state index contributed by atoms with van der Waals surface area (Å²) in [5.74, 6) is 2.21. The lowest BCUT2D eigenvalue weighted by atomic mass is 10.2. The summed E-state index contributed by atoms with van der Waals surface area (Å²) < 4.78 is 11.8. The number of hydrogen-bond donors (Lipinski definition) is 2. The van der Waals surface area contributed by atoms with Gasteiger partial charge in [0, 0.05) is 50.9 Å². The lowest BCUT2D eigenvalue weighted by Gasteiger charge is -2.28. The molecule has 0 spiro atoms. The van der Waals surface area contributed by atoms with Crippen molar-refractivity contribution in [2.75, 3.05) is 49.6 Å². The molecule has 0 saturated carbocycles. The van der Waals surface area contributed by atoms with Crippen LogP contribution in [0.4, 0.5) is 11.6 Å². The Morgan fingerprint density at radius 2 is 1.90 bits per heavy atom. The summed E-state index contributed by atoms with van der Waals surface area (Å²) in [6.07, 6.45) is 3.30. The molecular formula is C21H24N6O3. The molecule has 3 aromatic rings. The van der Waals surface area contributed by atoms with Crippen LogP contribution in [-0.4, -0.2) is 60.3 Å². The van der Waals surface area contributed by atoms with Crippen LogP contribution in [0.3, 0.4) is 0 Å². The molecule has 4 rings (SSSR count). The molecule has 156 valence electrons. The predicted molar refractivity (Wildman–Crippen MR) is 114 cm³/mol. The van der Waals surface area contributed by atoms with Gasteiger partial charge in [0.05, 0.1) is 0 Å². The standard InChI is InChI=1S/C21H24N6O3/c1-15(28)25-18-6-5-16-3-2-4-17(19(16)26-18)29-13-14-30-21-20(23-7-8-24-21)27-11-9-22-10-12-27/h2-8,22H,9-14H2,1H3,(H,25,26,28). The Bertz CT molecular complexity index is 1020. The molecule has 1 aromatic carbocycles. The molecule has 1 amide bonds. The maximum Gasteiger partial charge on any atom is 0.257 e. The first-order chi connectivity index (χ1) is 14.7. The van der Waals surface area contributed by atoms with E-state index in [1.54, 1.807) is 18.5 Å². The number of nitrogens with one attached hydrogen (secondary N) is 2. The zero-order chi connectivity index (χ0) is 20.8. The Morgan fingerprint density at radius 1 is 1.10 bits per heavy atom. The van der Waals surface area contributed by atoms with Gasteiger partial charge in [-0.1, -0.05) is 12.1 Å². The van der Waals surface area contributed by atoms with Crippen LogP contribution in [0.25, 0.3) is 10.9 Å². The summed E-state index contributed by atoms with van der Waals surface area (Å²) >= 11 is 0. The topological polar surface area (TPSA) is 102 Å². The number of hydrogen-bond acceptors (Lipinski definition) is 8. The van der Waals surface area contributed by atoms with Gasteiger partial charge in [-0.25, -0.2) is 15.0 Å². The van der Waals surface area contributed by atoms with Gasteiger partial charge in [0.25, 0.3) is 5.88 Å². The van der Waals surface area contributed by atoms with Crippen molar-refractivity contribution in [2.45, 2.75) is 6.92 Å². The Balaban J connectivity index is 1.40. The summed E-state index contributed by atoms with van der Waals surface area (Å²) in [7, 11) is 0. The lowest BCUT2D eigenvalue weighted by Crippen LogP contribution is -2.44. The second kappa shape index (κ2) is 9.36. The maximum absolute atomic E-state index is 11.3. The van der Waals surface area contributed by atoms with E-state index in [-0.39, 0.29) is 5.91 Å². The van der Waals surface area contributed by atoms with Crippen LogP contribution in [-0.2, 0) is 4.79 Å². The molecule has 9 nitrogen and oxygen atoms in total. The SMILES string of the molecule is CC(=O)Nc1ccc2cccc(OCCOc3nccnc3N3CCNCC3)c2n1. The highest BCUT2D eigenvalue weighted by Crippen LogP contribution is 2.26.